The molecule has 0 amide bonds. The quantitative estimate of drug-likeness (QED) is 0.687. The maximum Gasteiger partial charge on any atom is 0.139 e. The Kier molecular flexibility index (Phi) is 3.18. The lowest BCUT2D eigenvalue weighted by atomic mass is 9.44. The fourth-order valence-corrected chi connectivity index (χ4v) is 6.95. The molecule has 1 N–H and O–H groups in total. The Bertz CT molecular complexity index is 524. The summed E-state index contributed by atoms with van der Waals surface area (Å²) < 4.78 is 0. The van der Waals surface area contributed by atoms with Crippen LogP contribution in [-0.4, -0.2) is 17.0 Å². The Morgan fingerprint density at radius 1 is 1.18 bits per heavy atom. The van der Waals surface area contributed by atoms with Crippen molar-refractivity contribution in [2.45, 2.75) is 65.4 Å². The van der Waals surface area contributed by atoms with E-state index < -0.39 is 0 Å². The summed E-state index contributed by atoms with van der Waals surface area (Å²) in [4.78, 5) is 12.5. The van der Waals surface area contributed by atoms with Gasteiger partial charge in [-0.05, 0) is 67.1 Å². The van der Waals surface area contributed by atoms with Crippen LogP contribution in [0.5, 0.6) is 0 Å². The third-order valence-corrected chi connectivity index (χ3v) is 8.24. The topological polar surface area (TPSA) is 37.3 Å². The molecule has 0 aromatic rings. The lowest BCUT2D eigenvalue weighted by molar-refractivity contribution is -0.139. The fraction of sp³-hybridized carbons (Fsp3) is 0.850. The molecule has 0 heterocycles. The molecule has 0 radical (unpaired) electrons. The van der Waals surface area contributed by atoms with Crippen molar-refractivity contribution in [1.82, 2.24) is 0 Å². The number of aliphatic hydroxyl groups excluding tert-OH is 1. The van der Waals surface area contributed by atoms with Gasteiger partial charge < -0.3 is 5.11 Å². The number of carbonyl (C=O) groups excluding carboxylic acids is 1. The number of rotatable bonds is 0. The maximum atomic E-state index is 12.5. The summed E-state index contributed by atoms with van der Waals surface area (Å²) in [5.74, 6) is 3.85. The van der Waals surface area contributed by atoms with Gasteiger partial charge in [-0.3, -0.25) is 4.79 Å². The number of fused-ring (bicyclic) bond motifs is 5. The third kappa shape index (κ3) is 1.79. The molecule has 22 heavy (non-hydrogen) atoms. The van der Waals surface area contributed by atoms with E-state index in [2.05, 4.69) is 26.8 Å². The van der Waals surface area contributed by atoms with E-state index in [-0.39, 0.29) is 16.9 Å². The van der Waals surface area contributed by atoms with Crippen LogP contribution in [0.2, 0.25) is 0 Å². The van der Waals surface area contributed by atoms with Gasteiger partial charge in [0.2, 0.25) is 0 Å². The molecule has 8 atom stereocenters. The van der Waals surface area contributed by atoms with Crippen molar-refractivity contribution in [3.8, 4) is 0 Å². The van der Waals surface area contributed by atoms with Crippen molar-refractivity contribution in [2.75, 3.05) is 0 Å². The molecule has 3 unspecified atom stereocenters. The number of hydrogen-bond acceptors (Lipinski definition) is 2. The summed E-state index contributed by atoms with van der Waals surface area (Å²) in [6.45, 7) is 7.10. The highest BCUT2D eigenvalue weighted by Crippen LogP contribution is 2.65. The molecule has 2 nitrogen and oxygen atoms in total. The first-order valence-corrected chi connectivity index (χ1v) is 9.27. The zero-order valence-corrected chi connectivity index (χ0v) is 14.2. The highest BCUT2D eigenvalue weighted by Gasteiger charge is 2.61. The van der Waals surface area contributed by atoms with Crippen molar-refractivity contribution < 1.29 is 9.90 Å². The van der Waals surface area contributed by atoms with Crippen LogP contribution in [0.3, 0.4) is 0 Å². The number of ketones is 1. The van der Waals surface area contributed by atoms with E-state index in [1.807, 2.05) is 6.08 Å². The van der Waals surface area contributed by atoms with Crippen molar-refractivity contribution in [2.24, 2.45) is 40.4 Å². The second-order valence-corrected chi connectivity index (χ2v) is 9.15. The van der Waals surface area contributed by atoms with Crippen LogP contribution in [0, 0.1) is 40.4 Å². The van der Waals surface area contributed by atoms with Gasteiger partial charge in [0.05, 0.1) is 6.10 Å². The monoisotopic (exact) mass is 302 g/mol. The second-order valence-electron chi connectivity index (χ2n) is 9.15. The first-order chi connectivity index (χ1) is 10.4. The molecule has 2 heteroatoms. The van der Waals surface area contributed by atoms with E-state index in [9.17, 15) is 9.90 Å². The van der Waals surface area contributed by atoms with Crippen molar-refractivity contribution >= 4 is 5.78 Å². The Morgan fingerprint density at radius 3 is 2.73 bits per heavy atom. The summed E-state index contributed by atoms with van der Waals surface area (Å²) in [6, 6.07) is 0. The van der Waals surface area contributed by atoms with Gasteiger partial charge in [-0.15, -0.1) is 0 Å². The van der Waals surface area contributed by atoms with Crippen molar-refractivity contribution in [3.63, 3.8) is 0 Å². The predicted molar refractivity (Wildman–Crippen MR) is 87.2 cm³/mol. The van der Waals surface area contributed by atoms with E-state index in [0.717, 1.165) is 25.7 Å². The average Bonchev–Trinajstić information content (AvgIpc) is 2.77. The van der Waals surface area contributed by atoms with Crippen LogP contribution < -0.4 is 0 Å². The summed E-state index contributed by atoms with van der Waals surface area (Å²) in [5.41, 5.74) is 0.208. The van der Waals surface area contributed by atoms with Crippen LogP contribution in [0.15, 0.2) is 12.2 Å². The van der Waals surface area contributed by atoms with Crippen LogP contribution in [0.1, 0.15) is 59.3 Å². The Hall–Kier alpha value is -0.630. The summed E-state index contributed by atoms with van der Waals surface area (Å²) in [6.07, 6.45) is 10.5. The molecule has 4 rings (SSSR count). The SMILES string of the molecule is C[C@@H]1C[C@H]2C[C@H](O)C=C[C@]2(C)C2CC[C@]3(C)C(=O)CCC3C21. The third-order valence-electron chi connectivity index (χ3n) is 8.24. The van der Waals surface area contributed by atoms with Gasteiger partial charge in [0.15, 0.2) is 0 Å². The van der Waals surface area contributed by atoms with E-state index in [0.29, 0.717) is 35.4 Å². The van der Waals surface area contributed by atoms with Gasteiger partial charge in [-0.25, -0.2) is 0 Å². The molecule has 3 fully saturated rings. The molecule has 0 aliphatic heterocycles. The standard InChI is InChI=1S/C20H30O2/c1-12-10-13-11-14(21)6-8-19(13,2)16-7-9-20(3)15(18(12)16)4-5-17(20)22/h6,8,12-16,18,21H,4-5,7,9-11H2,1-3H3/t12-,13+,14-,15?,16?,18?,19+,20+/m1/s1. The zero-order valence-electron chi connectivity index (χ0n) is 14.2. The molecule has 3 saturated carbocycles. The van der Waals surface area contributed by atoms with Crippen molar-refractivity contribution in [3.05, 3.63) is 12.2 Å². The molecule has 0 bridgehead atoms. The first kappa shape index (κ1) is 14.9. The van der Waals surface area contributed by atoms with Crippen LogP contribution >= 0.6 is 0 Å². The molecule has 0 spiro atoms. The molecule has 4 aliphatic carbocycles. The smallest absolute Gasteiger partial charge is 0.139 e. The first-order valence-electron chi connectivity index (χ1n) is 9.27. The minimum atomic E-state index is -0.247. The number of allylic oxidation sites excluding steroid dienone is 1. The predicted octanol–water partition coefficient (Wildman–Crippen LogP) is 3.98. The summed E-state index contributed by atoms with van der Waals surface area (Å²) in [5, 5.41) is 10.0. The molecule has 0 saturated heterocycles. The summed E-state index contributed by atoms with van der Waals surface area (Å²) >= 11 is 0. The van der Waals surface area contributed by atoms with Gasteiger partial charge >= 0.3 is 0 Å². The van der Waals surface area contributed by atoms with Gasteiger partial charge in [-0.1, -0.05) is 32.9 Å². The largest absolute Gasteiger partial charge is 0.389 e. The Labute approximate surface area is 134 Å². The summed E-state index contributed by atoms with van der Waals surface area (Å²) in [7, 11) is 0. The van der Waals surface area contributed by atoms with Gasteiger partial charge in [0.1, 0.15) is 5.78 Å². The van der Waals surface area contributed by atoms with Crippen LogP contribution in [0.4, 0.5) is 0 Å². The normalized spacial score (nSPS) is 57.2. The fourth-order valence-electron chi connectivity index (χ4n) is 6.95. The van der Waals surface area contributed by atoms with Crippen LogP contribution in [-0.2, 0) is 4.79 Å². The van der Waals surface area contributed by atoms with Gasteiger partial charge in [-0.2, -0.15) is 0 Å². The van der Waals surface area contributed by atoms with E-state index in [1.165, 1.54) is 12.8 Å². The highest BCUT2D eigenvalue weighted by atomic mass is 16.3. The van der Waals surface area contributed by atoms with E-state index >= 15 is 0 Å². The molecule has 0 aromatic carbocycles. The van der Waals surface area contributed by atoms with Gasteiger partial charge in [0, 0.05) is 11.8 Å². The zero-order chi connectivity index (χ0) is 15.7. The van der Waals surface area contributed by atoms with Crippen LogP contribution in [0.25, 0.3) is 0 Å². The molecular weight excluding hydrogens is 272 g/mol. The number of Topliss-reactive ketones (excluding diaryl/α,β-unsaturated/α-hetero) is 1. The second kappa shape index (κ2) is 4.69. The number of aliphatic hydroxyl groups is 1. The Morgan fingerprint density at radius 2 is 1.95 bits per heavy atom. The van der Waals surface area contributed by atoms with Crippen molar-refractivity contribution in [1.29, 1.82) is 0 Å². The highest BCUT2D eigenvalue weighted by molar-refractivity contribution is 5.87. The van der Waals surface area contributed by atoms with E-state index in [4.69, 9.17) is 0 Å². The average molecular weight is 302 g/mol. The minimum absolute atomic E-state index is 0.0312. The number of hydrogen-bond donors (Lipinski definition) is 1. The molecule has 0 aromatic heterocycles. The molecular formula is C20H30O2. The van der Waals surface area contributed by atoms with E-state index in [1.54, 1.807) is 0 Å². The maximum absolute atomic E-state index is 12.5. The lowest BCUT2D eigenvalue weighted by Crippen LogP contribution is -2.55. The number of carbonyl (C=O) groups is 1. The molecule has 122 valence electrons. The van der Waals surface area contributed by atoms with Gasteiger partial charge in [0.25, 0.3) is 0 Å². The lowest BCUT2D eigenvalue weighted by Gasteiger charge is -2.60. The molecule has 4 aliphatic rings. The minimum Gasteiger partial charge on any atom is -0.389 e. The Balaban J connectivity index is 1.73.